The fourth-order valence-electron chi connectivity index (χ4n) is 3.30. The molecule has 3 rings (SSSR count). The number of nitrogens with one attached hydrogen (secondary N) is 1. The van der Waals surface area contributed by atoms with Gasteiger partial charge in [0.25, 0.3) is 0 Å². The van der Waals surface area contributed by atoms with Crippen molar-refractivity contribution in [3.63, 3.8) is 0 Å². The van der Waals surface area contributed by atoms with E-state index in [0.29, 0.717) is 11.8 Å². The lowest BCUT2D eigenvalue weighted by atomic mass is 10.1. The number of fused-ring (bicyclic) bond motifs is 1. The Morgan fingerprint density at radius 1 is 1.15 bits per heavy atom. The number of aromatic carboxylic acids is 1. The number of amides is 1. The van der Waals surface area contributed by atoms with E-state index in [1.807, 2.05) is 0 Å². The first-order valence-corrected chi connectivity index (χ1v) is 7.28. The van der Waals surface area contributed by atoms with Crippen LogP contribution in [0.2, 0.25) is 10.0 Å². The molecule has 20 heavy (non-hydrogen) atoms. The summed E-state index contributed by atoms with van der Waals surface area (Å²) in [6, 6.07) is 2.90. The van der Waals surface area contributed by atoms with Crippen LogP contribution in [0.1, 0.15) is 29.6 Å². The molecule has 0 radical (unpaired) electrons. The van der Waals surface area contributed by atoms with E-state index >= 15 is 0 Å². The van der Waals surface area contributed by atoms with Gasteiger partial charge in [-0.05, 0) is 36.8 Å². The van der Waals surface area contributed by atoms with E-state index in [-0.39, 0.29) is 33.1 Å². The molecule has 1 aromatic rings. The zero-order chi connectivity index (χ0) is 14.4. The second kappa shape index (κ2) is 4.93. The van der Waals surface area contributed by atoms with Crippen molar-refractivity contribution in [3.8, 4) is 0 Å². The molecule has 0 spiro atoms. The number of anilines is 1. The lowest BCUT2D eigenvalue weighted by Gasteiger charge is -2.12. The van der Waals surface area contributed by atoms with Gasteiger partial charge in [-0.3, -0.25) is 4.79 Å². The minimum atomic E-state index is -1.20. The molecule has 2 aliphatic rings. The SMILES string of the molecule is O=C(O)c1c(Cl)ccc(Cl)c1NC(=O)C1C2CCCC21. The van der Waals surface area contributed by atoms with Gasteiger partial charge in [0.2, 0.25) is 5.91 Å². The predicted octanol–water partition coefficient (Wildman–Crippen LogP) is 3.68. The number of carbonyl (C=O) groups is 2. The summed E-state index contributed by atoms with van der Waals surface area (Å²) in [6.45, 7) is 0. The predicted molar refractivity (Wildman–Crippen MR) is 76.4 cm³/mol. The van der Waals surface area contributed by atoms with Crippen molar-refractivity contribution in [1.82, 2.24) is 0 Å². The molecule has 1 amide bonds. The molecule has 1 aromatic carbocycles. The summed E-state index contributed by atoms with van der Waals surface area (Å²) in [5.74, 6) is -0.432. The Labute approximate surface area is 126 Å². The lowest BCUT2D eigenvalue weighted by Crippen LogP contribution is -2.19. The fraction of sp³-hybridized carbons (Fsp3) is 0.429. The van der Waals surface area contributed by atoms with Crippen LogP contribution in [0.15, 0.2) is 12.1 Å². The molecule has 2 atom stereocenters. The summed E-state index contributed by atoms with van der Waals surface area (Å²) < 4.78 is 0. The normalized spacial score (nSPS) is 27.0. The Hall–Kier alpha value is -1.26. The van der Waals surface area contributed by atoms with Crippen LogP contribution in [0.4, 0.5) is 5.69 Å². The average molecular weight is 314 g/mol. The van der Waals surface area contributed by atoms with Gasteiger partial charge in [-0.1, -0.05) is 29.6 Å². The number of hydrogen-bond acceptors (Lipinski definition) is 2. The summed E-state index contributed by atoms with van der Waals surface area (Å²) in [5, 5.41) is 12.1. The van der Waals surface area contributed by atoms with Gasteiger partial charge >= 0.3 is 5.97 Å². The molecule has 4 nitrogen and oxygen atoms in total. The van der Waals surface area contributed by atoms with Crippen LogP contribution in [0.25, 0.3) is 0 Å². The number of benzene rings is 1. The molecular formula is C14H13Cl2NO3. The Morgan fingerprint density at radius 3 is 2.35 bits per heavy atom. The molecule has 2 aliphatic carbocycles. The lowest BCUT2D eigenvalue weighted by molar-refractivity contribution is -0.118. The van der Waals surface area contributed by atoms with Gasteiger partial charge in [0.05, 0.1) is 15.7 Å². The standard InChI is InChI=1S/C14H13Cl2NO3/c15-8-4-5-9(16)12(11(8)14(19)20)17-13(18)10-6-2-1-3-7(6)10/h4-7,10H,1-3H2,(H,17,18)(H,19,20). The van der Waals surface area contributed by atoms with Crippen molar-refractivity contribution in [2.75, 3.05) is 5.32 Å². The minimum absolute atomic E-state index is 0.000410. The highest BCUT2D eigenvalue weighted by molar-refractivity contribution is 6.38. The third-order valence-electron chi connectivity index (χ3n) is 4.27. The number of hydrogen-bond donors (Lipinski definition) is 2. The fourth-order valence-corrected chi connectivity index (χ4v) is 3.74. The van der Waals surface area contributed by atoms with Gasteiger partial charge in [0.1, 0.15) is 5.56 Å². The molecule has 6 heteroatoms. The first-order chi connectivity index (χ1) is 9.50. The Kier molecular flexibility index (Phi) is 3.38. The molecule has 2 saturated carbocycles. The van der Waals surface area contributed by atoms with Gasteiger partial charge in [-0.25, -0.2) is 4.79 Å². The van der Waals surface area contributed by atoms with Crippen molar-refractivity contribution >= 4 is 40.8 Å². The zero-order valence-electron chi connectivity index (χ0n) is 10.5. The molecule has 0 aliphatic heterocycles. The molecule has 2 N–H and O–H groups in total. The summed E-state index contributed by atoms with van der Waals surface area (Å²) in [4.78, 5) is 23.5. The van der Waals surface area contributed by atoms with Crippen molar-refractivity contribution < 1.29 is 14.7 Å². The van der Waals surface area contributed by atoms with Crippen LogP contribution in [0.3, 0.4) is 0 Å². The average Bonchev–Trinajstić information content (AvgIpc) is 2.87. The maximum absolute atomic E-state index is 12.2. The molecule has 0 aromatic heterocycles. The Balaban J connectivity index is 1.85. The number of rotatable bonds is 3. The highest BCUT2D eigenvalue weighted by Gasteiger charge is 2.56. The van der Waals surface area contributed by atoms with E-state index in [1.54, 1.807) is 0 Å². The van der Waals surface area contributed by atoms with Crippen LogP contribution in [-0.4, -0.2) is 17.0 Å². The van der Waals surface area contributed by atoms with Crippen LogP contribution in [-0.2, 0) is 4.79 Å². The molecule has 0 bridgehead atoms. The smallest absolute Gasteiger partial charge is 0.339 e. The van der Waals surface area contributed by atoms with Gasteiger partial charge in [-0.2, -0.15) is 0 Å². The first-order valence-electron chi connectivity index (χ1n) is 6.53. The molecule has 106 valence electrons. The number of halogens is 2. The highest BCUT2D eigenvalue weighted by atomic mass is 35.5. The van der Waals surface area contributed by atoms with Gasteiger partial charge in [0, 0.05) is 5.92 Å². The first kappa shape index (κ1) is 13.7. The number of carboxylic acid groups (broad SMARTS) is 1. The van der Waals surface area contributed by atoms with Crippen molar-refractivity contribution in [2.45, 2.75) is 19.3 Å². The van der Waals surface area contributed by atoms with Crippen LogP contribution in [0, 0.1) is 17.8 Å². The summed E-state index contributed by atoms with van der Waals surface area (Å²) in [6.07, 6.45) is 3.34. The van der Waals surface area contributed by atoms with E-state index in [2.05, 4.69) is 5.32 Å². The van der Waals surface area contributed by atoms with Crippen LogP contribution < -0.4 is 5.32 Å². The highest BCUT2D eigenvalue weighted by Crippen LogP contribution is 2.57. The quantitative estimate of drug-likeness (QED) is 0.894. The van der Waals surface area contributed by atoms with Gasteiger partial charge in [0.15, 0.2) is 0 Å². The summed E-state index contributed by atoms with van der Waals surface area (Å²) in [7, 11) is 0. The molecular weight excluding hydrogens is 301 g/mol. The Bertz CT molecular complexity index is 592. The zero-order valence-corrected chi connectivity index (χ0v) is 12.0. The van der Waals surface area contributed by atoms with Crippen LogP contribution >= 0.6 is 23.2 Å². The molecule has 2 unspecified atom stereocenters. The monoisotopic (exact) mass is 313 g/mol. The molecule has 0 saturated heterocycles. The maximum Gasteiger partial charge on any atom is 0.339 e. The van der Waals surface area contributed by atoms with E-state index in [4.69, 9.17) is 23.2 Å². The van der Waals surface area contributed by atoms with Crippen molar-refractivity contribution in [3.05, 3.63) is 27.7 Å². The van der Waals surface area contributed by atoms with E-state index in [1.165, 1.54) is 18.6 Å². The number of carbonyl (C=O) groups excluding carboxylic acids is 1. The third-order valence-corrected chi connectivity index (χ3v) is 4.90. The topological polar surface area (TPSA) is 66.4 Å². The summed E-state index contributed by atoms with van der Waals surface area (Å²) in [5.41, 5.74) is -0.0556. The van der Waals surface area contributed by atoms with E-state index in [0.717, 1.165) is 12.8 Å². The molecule has 2 fully saturated rings. The molecule has 0 heterocycles. The van der Waals surface area contributed by atoms with E-state index in [9.17, 15) is 14.7 Å². The maximum atomic E-state index is 12.2. The summed E-state index contributed by atoms with van der Waals surface area (Å²) >= 11 is 11.9. The third kappa shape index (κ3) is 2.17. The second-order valence-electron chi connectivity index (χ2n) is 5.36. The van der Waals surface area contributed by atoms with Crippen molar-refractivity contribution in [2.24, 2.45) is 17.8 Å². The van der Waals surface area contributed by atoms with Crippen molar-refractivity contribution in [1.29, 1.82) is 0 Å². The van der Waals surface area contributed by atoms with Gasteiger partial charge < -0.3 is 10.4 Å². The minimum Gasteiger partial charge on any atom is -0.478 e. The van der Waals surface area contributed by atoms with Gasteiger partial charge in [-0.15, -0.1) is 0 Å². The van der Waals surface area contributed by atoms with E-state index < -0.39 is 5.97 Å². The number of carboxylic acids is 1. The van der Waals surface area contributed by atoms with Crippen LogP contribution in [0.5, 0.6) is 0 Å². The largest absolute Gasteiger partial charge is 0.478 e. The second-order valence-corrected chi connectivity index (χ2v) is 6.17. The Morgan fingerprint density at radius 2 is 1.75 bits per heavy atom.